The lowest BCUT2D eigenvalue weighted by Gasteiger charge is -2.16. The fourth-order valence-corrected chi connectivity index (χ4v) is 2.61. The minimum atomic E-state index is -0.0770. The van der Waals surface area contributed by atoms with Gasteiger partial charge < -0.3 is 10.6 Å². The molecule has 2 N–H and O–H groups in total. The van der Waals surface area contributed by atoms with Gasteiger partial charge in [-0.05, 0) is 49.2 Å². The third-order valence-electron chi connectivity index (χ3n) is 3.39. The first kappa shape index (κ1) is 15.6. The van der Waals surface area contributed by atoms with E-state index in [0.717, 1.165) is 21.3 Å². The minimum Gasteiger partial charge on any atom is -0.387 e. The van der Waals surface area contributed by atoms with Crippen LogP contribution in [0.1, 0.15) is 34.5 Å². The van der Waals surface area contributed by atoms with Crippen LogP contribution in [0.15, 0.2) is 46.9 Å². The van der Waals surface area contributed by atoms with E-state index in [-0.39, 0.29) is 11.9 Å². The minimum absolute atomic E-state index is 0.0546. The molecule has 0 aliphatic rings. The van der Waals surface area contributed by atoms with Crippen LogP contribution in [0, 0.1) is 6.92 Å². The second-order valence-corrected chi connectivity index (χ2v) is 5.96. The Labute approximate surface area is 133 Å². The maximum Gasteiger partial charge on any atom is 0.253 e. The number of carbonyl (C=O) groups is 1. The summed E-state index contributed by atoms with van der Waals surface area (Å²) in [6, 6.07) is 13.7. The predicted octanol–water partition coefficient (Wildman–Crippen LogP) is 4.29. The highest BCUT2D eigenvalue weighted by Crippen LogP contribution is 2.21. The maximum atomic E-state index is 12.4. The van der Waals surface area contributed by atoms with Gasteiger partial charge in [0.2, 0.25) is 0 Å². The molecular formula is C17H19BrN2O. The van der Waals surface area contributed by atoms with Gasteiger partial charge in [-0.1, -0.05) is 34.1 Å². The molecule has 2 rings (SSSR count). The van der Waals surface area contributed by atoms with Crippen molar-refractivity contribution in [2.24, 2.45) is 0 Å². The van der Waals surface area contributed by atoms with Crippen LogP contribution in [0.4, 0.5) is 5.69 Å². The van der Waals surface area contributed by atoms with E-state index >= 15 is 0 Å². The first-order chi connectivity index (χ1) is 10.0. The third kappa shape index (κ3) is 3.85. The molecule has 21 heavy (non-hydrogen) atoms. The van der Waals surface area contributed by atoms with Crippen molar-refractivity contribution in [3.63, 3.8) is 0 Å². The van der Waals surface area contributed by atoms with Crippen LogP contribution in [0.25, 0.3) is 0 Å². The second kappa shape index (κ2) is 6.76. The Hall–Kier alpha value is -1.81. The first-order valence-corrected chi connectivity index (χ1v) is 7.65. The number of hydrogen-bond donors (Lipinski definition) is 2. The standard InChI is InChI=1S/C17H19BrN2O/c1-11-7-8-15(16(9-11)19-3)17(21)20-12(2)13-5-4-6-14(18)10-13/h4-10,12,19H,1-3H3,(H,20,21). The summed E-state index contributed by atoms with van der Waals surface area (Å²) in [5, 5.41) is 6.11. The number of rotatable bonds is 4. The Bertz CT molecular complexity index is 655. The van der Waals surface area contributed by atoms with E-state index < -0.39 is 0 Å². The van der Waals surface area contributed by atoms with Gasteiger partial charge in [0.05, 0.1) is 11.6 Å². The van der Waals surface area contributed by atoms with E-state index in [0.29, 0.717) is 5.56 Å². The smallest absolute Gasteiger partial charge is 0.253 e. The van der Waals surface area contributed by atoms with Crippen molar-refractivity contribution in [2.75, 3.05) is 12.4 Å². The molecule has 0 spiro atoms. The summed E-state index contributed by atoms with van der Waals surface area (Å²) in [4.78, 5) is 12.4. The molecule has 0 aliphatic heterocycles. The molecule has 0 bridgehead atoms. The van der Waals surface area contributed by atoms with Crippen molar-refractivity contribution in [3.8, 4) is 0 Å². The van der Waals surface area contributed by atoms with Gasteiger partial charge in [0, 0.05) is 17.2 Å². The molecule has 0 saturated carbocycles. The normalized spacial score (nSPS) is 11.8. The summed E-state index contributed by atoms with van der Waals surface area (Å²) in [5.41, 5.74) is 3.69. The summed E-state index contributed by atoms with van der Waals surface area (Å²) in [7, 11) is 1.82. The summed E-state index contributed by atoms with van der Waals surface area (Å²) in [5.74, 6) is -0.0770. The number of amides is 1. The van der Waals surface area contributed by atoms with Crippen LogP contribution >= 0.6 is 15.9 Å². The zero-order valence-electron chi connectivity index (χ0n) is 12.4. The summed E-state index contributed by atoms with van der Waals surface area (Å²) in [6.07, 6.45) is 0. The Morgan fingerprint density at radius 3 is 2.62 bits per heavy atom. The number of carbonyl (C=O) groups excluding carboxylic acids is 1. The molecule has 2 aromatic carbocycles. The first-order valence-electron chi connectivity index (χ1n) is 6.86. The quantitative estimate of drug-likeness (QED) is 0.866. The molecule has 0 radical (unpaired) electrons. The SMILES string of the molecule is CNc1cc(C)ccc1C(=O)NC(C)c1cccc(Br)c1. The largest absolute Gasteiger partial charge is 0.387 e. The molecule has 0 aliphatic carbocycles. The van der Waals surface area contributed by atoms with Gasteiger partial charge in [-0.25, -0.2) is 0 Å². The van der Waals surface area contributed by atoms with Gasteiger partial charge in [0.25, 0.3) is 5.91 Å². The van der Waals surface area contributed by atoms with Gasteiger partial charge in [-0.15, -0.1) is 0 Å². The van der Waals surface area contributed by atoms with Crippen molar-refractivity contribution < 1.29 is 4.79 Å². The Morgan fingerprint density at radius 2 is 1.95 bits per heavy atom. The molecule has 0 fully saturated rings. The van der Waals surface area contributed by atoms with E-state index in [2.05, 4.69) is 26.6 Å². The van der Waals surface area contributed by atoms with Gasteiger partial charge in [0.15, 0.2) is 0 Å². The van der Waals surface area contributed by atoms with Gasteiger partial charge in [-0.3, -0.25) is 4.79 Å². The lowest BCUT2D eigenvalue weighted by atomic mass is 10.1. The number of nitrogens with one attached hydrogen (secondary N) is 2. The van der Waals surface area contributed by atoms with Crippen molar-refractivity contribution in [1.29, 1.82) is 0 Å². The fraction of sp³-hybridized carbons (Fsp3) is 0.235. The molecule has 1 amide bonds. The summed E-state index contributed by atoms with van der Waals surface area (Å²) >= 11 is 3.45. The van der Waals surface area contributed by atoms with Crippen LogP contribution < -0.4 is 10.6 Å². The highest BCUT2D eigenvalue weighted by molar-refractivity contribution is 9.10. The van der Waals surface area contributed by atoms with Gasteiger partial charge in [-0.2, -0.15) is 0 Å². The molecule has 0 saturated heterocycles. The topological polar surface area (TPSA) is 41.1 Å². The van der Waals surface area contributed by atoms with Crippen LogP contribution in [-0.4, -0.2) is 13.0 Å². The van der Waals surface area contributed by atoms with Crippen molar-refractivity contribution >= 4 is 27.5 Å². The molecule has 0 aromatic heterocycles. The van der Waals surface area contributed by atoms with E-state index in [1.54, 1.807) is 0 Å². The lowest BCUT2D eigenvalue weighted by molar-refractivity contribution is 0.0940. The van der Waals surface area contributed by atoms with E-state index in [4.69, 9.17) is 0 Å². The fourth-order valence-electron chi connectivity index (χ4n) is 2.20. The van der Waals surface area contributed by atoms with E-state index in [1.165, 1.54) is 0 Å². The summed E-state index contributed by atoms with van der Waals surface area (Å²) in [6.45, 7) is 3.99. The highest BCUT2D eigenvalue weighted by atomic mass is 79.9. The molecule has 3 nitrogen and oxygen atoms in total. The van der Waals surface area contributed by atoms with Crippen molar-refractivity contribution in [1.82, 2.24) is 5.32 Å². The zero-order valence-corrected chi connectivity index (χ0v) is 14.0. The number of hydrogen-bond acceptors (Lipinski definition) is 2. The average molecular weight is 347 g/mol. The van der Waals surface area contributed by atoms with Crippen molar-refractivity contribution in [2.45, 2.75) is 19.9 Å². The highest BCUT2D eigenvalue weighted by Gasteiger charge is 2.14. The van der Waals surface area contributed by atoms with Crippen LogP contribution in [0.3, 0.4) is 0 Å². The molecule has 1 unspecified atom stereocenters. The van der Waals surface area contributed by atoms with Crippen LogP contribution in [0.2, 0.25) is 0 Å². The number of aryl methyl sites for hydroxylation is 1. The van der Waals surface area contributed by atoms with Crippen LogP contribution in [0.5, 0.6) is 0 Å². The van der Waals surface area contributed by atoms with Gasteiger partial charge >= 0.3 is 0 Å². The molecule has 0 heterocycles. The van der Waals surface area contributed by atoms with E-state index in [9.17, 15) is 4.79 Å². The number of anilines is 1. The Balaban J connectivity index is 2.18. The predicted molar refractivity (Wildman–Crippen MR) is 90.7 cm³/mol. The zero-order chi connectivity index (χ0) is 15.4. The maximum absolute atomic E-state index is 12.4. The molecule has 110 valence electrons. The lowest BCUT2D eigenvalue weighted by Crippen LogP contribution is -2.27. The third-order valence-corrected chi connectivity index (χ3v) is 3.88. The molecular weight excluding hydrogens is 328 g/mol. The number of halogens is 1. The molecule has 1 atom stereocenters. The van der Waals surface area contributed by atoms with Crippen LogP contribution in [-0.2, 0) is 0 Å². The number of benzene rings is 2. The Kier molecular flexibility index (Phi) is 5.02. The van der Waals surface area contributed by atoms with E-state index in [1.807, 2.05) is 63.4 Å². The van der Waals surface area contributed by atoms with Gasteiger partial charge in [0.1, 0.15) is 0 Å². The molecule has 4 heteroatoms. The Morgan fingerprint density at radius 1 is 1.19 bits per heavy atom. The van der Waals surface area contributed by atoms with Crippen molar-refractivity contribution in [3.05, 3.63) is 63.6 Å². The average Bonchev–Trinajstić information content (AvgIpc) is 2.46. The monoisotopic (exact) mass is 346 g/mol. The second-order valence-electron chi connectivity index (χ2n) is 5.05. The summed E-state index contributed by atoms with van der Waals surface area (Å²) < 4.78 is 1.01. The molecule has 2 aromatic rings.